The van der Waals surface area contributed by atoms with E-state index in [-0.39, 0.29) is 5.69 Å². The summed E-state index contributed by atoms with van der Waals surface area (Å²) >= 11 is 5.55. The number of nitrogens with zero attached hydrogens (tertiary/aromatic N) is 1. The summed E-state index contributed by atoms with van der Waals surface area (Å²) in [7, 11) is 0. The average molecular weight is 351 g/mol. The lowest BCUT2D eigenvalue weighted by Crippen LogP contribution is -2.48. The van der Waals surface area contributed by atoms with Gasteiger partial charge in [0, 0.05) is 12.2 Å². The Morgan fingerprint density at radius 3 is 2.78 bits per heavy atom. The Kier molecular flexibility index (Phi) is 5.54. The van der Waals surface area contributed by atoms with Gasteiger partial charge in [-0.3, -0.25) is 9.69 Å². The van der Waals surface area contributed by atoms with Crippen LogP contribution in [0.15, 0.2) is 18.2 Å². The van der Waals surface area contributed by atoms with Crippen LogP contribution in [-0.2, 0) is 11.0 Å². The Hall–Kier alpha value is -1.31. The summed E-state index contributed by atoms with van der Waals surface area (Å²) < 4.78 is 38.5. The van der Waals surface area contributed by atoms with Crippen LogP contribution < -0.4 is 5.32 Å². The van der Waals surface area contributed by atoms with Gasteiger partial charge < -0.3 is 10.4 Å². The first-order valence-electron chi connectivity index (χ1n) is 7.28. The topological polar surface area (TPSA) is 52.6 Å². The summed E-state index contributed by atoms with van der Waals surface area (Å²) in [6, 6.07) is 2.70. The summed E-state index contributed by atoms with van der Waals surface area (Å²) in [5, 5.41) is 11.7. The molecule has 8 heteroatoms. The third-order valence-electron chi connectivity index (χ3n) is 3.89. The summed E-state index contributed by atoms with van der Waals surface area (Å²) in [5.41, 5.74) is -0.950. The van der Waals surface area contributed by atoms with E-state index in [0.29, 0.717) is 19.5 Å². The van der Waals surface area contributed by atoms with E-state index in [0.717, 1.165) is 18.6 Å². The van der Waals surface area contributed by atoms with Gasteiger partial charge >= 0.3 is 6.18 Å². The molecule has 1 aliphatic rings. The predicted molar refractivity (Wildman–Crippen MR) is 81.4 cm³/mol. The third-order valence-corrected chi connectivity index (χ3v) is 4.22. The summed E-state index contributed by atoms with van der Waals surface area (Å²) in [6.45, 7) is 2.71. The zero-order valence-corrected chi connectivity index (χ0v) is 13.3. The molecule has 0 bridgehead atoms. The number of aliphatic hydroxyl groups excluding tert-OH is 1. The molecule has 1 aromatic carbocycles. The number of nitrogens with one attached hydrogen (secondary N) is 1. The number of rotatable bonds is 3. The highest BCUT2D eigenvalue weighted by Gasteiger charge is 2.34. The molecular weight excluding hydrogens is 333 g/mol. The van der Waals surface area contributed by atoms with Crippen LogP contribution in [0.1, 0.15) is 25.3 Å². The van der Waals surface area contributed by atoms with Crippen LogP contribution in [0.3, 0.4) is 0 Å². The standard InChI is InChI=1S/C15H18ClF3N2O2/c1-9(21-6-2-3-11(22)8-21)14(23)20-10-4-5-13(16)12(7-10)15(17,18)19/h4-5,7,9,11,22H,2-3,6,8H2,1H3,(H,20,23). The van der Waals surface area contributed by atoms with E-state index < -0.39 is 34.8 Å². The number of carbonyl (C=O) groups is 1. The van der Waals surface area contributed by atoms with Crippen molar-refractivity contribution in [1.82, 2.24) is 4.90 Å². The van der Waals surface area contributed by atoms with Gasteiger partial charge in [0.05, 0.1) is 22.7 Å². The maximum atomic E-state index is 12.8. The molecule has 1 heterocycles. The molecule has 0 spiro atoms. The van der Waals surface area contributed by atoms with Crippen molar-refractivity contribution in [2.45, 2.75) is 38.1 Å². The van der Waals surface area contributed by atoms with Gasteiger partial charge in [-0.25, -0.2) is 0 Å². The smallest absolute Gasteiger partial charge is 0.392 e. The lowest BCUT2D eigenvalue weighted by atomic mass is 10.1. The number of piperidine rings is 1. The third kappa shape index (κ3) is 4.59. The average Bonchev–Trinajstić information content (AvgIpc) is 2.47. The van der Waals surface area contributed by atoms with Crippen LogP contribution in [0.5, 0.6) is 0 Å². The molecule has 1 amide bonds. The van der Waals surface area contributed by atoms with Crippen molar-refractivity contribution in [2.75, 3.05) is 18.4 Å². The van der Waals surface area contributed by atoms with Crippen molar-refractivity contribution in [3.63, 3.8) is 0 Å². The van der Waals surface area contributed by atoms with E-state index in [1.807, 2.05) is 4.90 Å². The van der Waals surface area contributed by atoms with Gasteiger partial charge in [0.1, 0.15) is 0 Å². The minimum atomic E-state index is -4.58. The second-order valence-electron chi connectivity index (χ2n) is 5.65. The quantitative estimate of drug-likeness (QED) is 0.880. The summed E-state index contributed by atoms with van der Waals surface area (Å²) in [6.07, 6.45) is -3.60. The zero-order valence-electron chi connectivity index (χ0n) is 12.5. The van der Waals surface area contributed by atoms with Gasteiger partial charge in [0.25, 0.3) is 0 Å². The van der Waals surface area contributed by atoms with E-state index in [2.05, 4.69) is 5.32 Å². The number of anilines is 1. The molecule has 4 nitrogen and oxygen atoms in total. The van der Waals surface area contributed by atoms with Gasteiger partial charge in [-0.2, -0.15) is 13.2 Å². The molecule has 2 rings (SSSR count). The van der Waals surface area contributed by atoms with Crippen molar-refractivity contribution >= 4 is 23.2 Å². The number of benzene rings is 1. The van der Waals surface area contributed by atoms with E-state index in [1.165, 1.54) is 6.07 Å². The van der Waals surface area contributed by atoms with Crippen molar-refractivity contribution in [3.8, 4) is 0 Å². The molecular formula is C15H18ClF3N2O2. The van der Waals surface area contributed by atoms with E-state index in [9.17, 15) is 23.1 Å². The first-order chi connectivity index (χ1) is 10.7. The number of alkyl halides is 3. The lowest BCUT2D eigenvalue weighted by Gasteiger charge is -2.34. The van der Waals surface area contributed by atoms with Gasteiger partial charge in [-0.05, 0) is 44.5 Å². The number of amides is 1. The van der Waals surface area contributed by atoms with Gasteiger partial charge in [-0.15, -0.1) is 0 Å². The normalized spacial score (nSPS) is 21.0. The maximum absolute atomic E-state index is 12.8. The van der Waals surface area contributed by atoms with E-state index in [4.69, 9.17) is 11.6 Å². The molecule has 0 aliphatic carbocycles. The van der Waals surface area contributed by atoms with Crippen molar-refractivity contribution in [3.05, 3.63) is 28.8 Å². The van der Waals surface area contributed by atoms with Gasteiger partial charge in [0.15, 0.2) is 0 Å². The highest BCUT2D eigenvalue weighted by molar-refractivity contribution is 6.31. The van der Waals surface area contributed by atoms with Crippen molar-refractivity contribution in [2.24, 2.45) is 0 Å². The van der Waals surface area contributed by atoms with Crippen LogP contribution in [0.2, 0.25) is 5.02 Å². The fraction of sp³-hybridized carbons (Fsp3) is 0.533. The fourth-order valence-electron chi connectivity index (χ4n) is 2.57. The number of halogens is 4. The first-order valence-corrected chi connectivity index (χ1v) is 7.66. The highest BCUT2D eigenvalue weighted by atomic mass is 35.5. The number of hydrogen-bond acceptors (Lipinski definition) is 3. The van der Waals surface area contributed by atoms with Crippen LogP contribution in [0.25, 0.3) is 0 Å². The Morgan fingerprint density at radius 2 is 2.17 bits per heavy atom. The van der Waals surface area contributed by atoms with E-state index >= 15 is 0 Å². The maximum Gasteiger partial charge on any atom is 0.417 e. The molecule has 23 heavy (non-hydrogen) atoms. The number of likely N-dealkylation sites (tertiary alicyclic amines) is 1. The van der Waals surface area contributed by atoms with Crippen LogP contribution >= 0.6 is 11.6 Å². The van der Waals surface area contributed by atoms with Gasteiger partial charge in [-0.1, -0.05) is 11.6 Å². The SMILES string of the molecule is CC(C(=O)Nc1ccc(Cl)c(C(F)(F)F)c1)N1CCCC(O)C1. The monoisotopic (exact) mass is 350 g/mol. The first kappa shape index (κ1) is 18.0. The second kappa shape index (κ2) is 7.07. The van der Waals surface area contributed by atoms with Crippen LogP contribution in [0, 0.1) is 0 Å². The molecule has 1 saturated heterocycles. The lowest BCUT2D eigenvalue weighted by molar-refractivity contribution is -0.137. The molecule has 2 N–H and O–H groups in total. The Labute approximate surface area is 137 Å². The zero-order chi connectivity index (χ0) is 17.2. The molecule has 2 unspecified atom stereocenters. The number of hydrogen-bond donors (Lipinski definition) is 2. The van der Waals surface area contributed by atoms with Crippen molar-refractivity contribution < 1.29 is 23.1 Å². The molecule has 0 aromatic heterocycles. The number of β-amino-alcohol motifs (C(OH)–C–C–N with tert-alkyl or cyclic N) is 1. The highest BCUT2D eigenvalue weighted by Crippen LogP contribution is 2.36. The van der Waals surface area contributed by atoms with E-state index in [1.54, 1.807) is 6.92 Å². The molecule has 2 atom stereocenters. The van der Waals surface area contributed by atoms with Crippen LogP contribution in [-0.4, -0.2) is 41.1 Å². The molecule has 128 valence electrons. The molecule has 1 aliphatic heterocycles. The summed E-state index contributed by atoms with van der Waals surface area (Å²) in [5.74, 6) is -0.422. The molecule has 0 radical (unpaired) electrons. The number of aliphatic hydroxyl groups is 1. The van der Waals surface area contributed by atoms with Gasteiger partial charge in [0.2, 0.25) is 5.91 Å². The molecule has 1 aromatic rings. The summed E-state index contributed by atoms with van der Waals surface area (Å²) in [4.78, 5) is 14.0. The Morgan fingerprint density at radius 1 is 1.48 bits per heavy atom. The minimum Gasteiger partial charge on any atom is -0.392 e. The minimum absolute atomic E-state index is 0.0381. The van der Waals surface area contributed by atoms with Crippen molar-refractivity contribution in [1.29, 1.82) is 0 Å². The fourth-order valence-corrected chi connectivity index (χ4v) is 2.79. The second-order valence-corrected chi connectivity index (χ2v) is 6.06. The Balaban J connectivity index is 2.08. The molecule has 0 saturated carbocycles. The largest absolute Gasteiger partial charge is 0.417 e. The Bertz CT molecular complexity index is 580. The van der Waals surface area contributed by atoms with Crippen LogP contribution in [0.4, 0.5) is 18.9 Å². The molecule has 1 fully saturated rings. The predicted octanol–water partition coefficient (Wildman–Crippen LogP) is 3.14. The number of carbonyl (C=O) groups excluding carboxylic acids is 1.